The van der Waals surface area contributed by atoms with Crippen LogP contribution >= 0.6 is 0 Å². The van der Waals surface area contributed by atoms with E-state index in [1.807, 2.05) is 30.3 Å². The molecule has 0 saturated carbocycles. The van der Waals surface area contributed by atoms with Gasteiger partial charge in [0.25, 0.3) is 0 Å². The maximum absolute atomic E-state index is 11.7. The highest BCUT2D eigenvalue weighted by Gasteiger charge is 2.20. The summed E-state index contributed by atoms with van der Waals surface area (Å²) in [6.07, 6.45) is 1.46. The lowest BCUT2D eigenvalue weighted by atomic mass is 9.97. The molecule has 2 heterocycles. The summed E-state index contributed by atoms with van der Waals surface area (Å²) in [5, 5.41) is 20.1. The fourth-order valence-corrected chi connectivity index (χ4v) is 3.07. The van der Waals surface area contributed by atoms with Gasteiger partial charge in [-0.25, -0.2) is 14.6 Å². The molecule has 122 valence electrons. The molecule has 6 nitrogen and oxygen atoms in total. The van der Waals surface area contributed by atoms with Crippen LogP contribution in [0.5, 0.6) is 0 Å². The van der Waals surface area contributed by atoms with Crippen LogP contribution < -0.4 is 0 Å². The lowest BCUT2D eigenvalue weighted by Crippen LogP contribution is -2.03. The average molecular weight is 332 g/mol. The normalized spacial score (nSPS) is 11.0. The number of aromatic amines is 1. The molecule has 3 N–H and O–H groups in total. The van der Waals surface area contributed by atoms with Crippen molar-refractivity contribution < 1.29 is 19.8 Å². The van der Waals surface area contributed by atoms with Gasteiger partial charge in [0.15, 0.2) is 5.69 Å². The molecule has 0 saturated heterocycles. The smallest absolute Gasteiger partial charge is 0.355 e. The van der Waals surface area contributed by atoms with Gasteiger partial charge in [0, 0.05) is 21.9 Å². The molecule has 0 atom stereocenters. The second kappa shape index (κ2) is 5.45. The number of benzene rings is 2. The van der Waals surface area contributed by atoms with Crippen LogP contribution in [0, 0.1) is 0 Å². The molecule has 6 heteroatoms. The van der Waals surface area contributed by atoms with Crippen molar-refractivity contribution in [2.75, 3.05) is 0 Å². The number of carboxylic acid groups (broad SMARTS) is 2. The van der Waals surface area contributed by atoms with E-state index < -0.39 is 11.9 Å². The number of hydrogen-bond acceptors (Lipinski definition) is 3. The van der Waals surface area contributed by atoms with Crippen LogP contribution in [-0.4, -0.2) is 32.1 Å². The SMILES string of the molecule is O=C(O)c1ccc2[nH]c3cnc(C(=O)O)c(-c4ccccc4)c3c2c1. The van der Waals surface area contributed by atoms with E-state index in [-0.39, 0.29) is 11.3 Å². The number of aromatic nitrogens is 2. The van der Waals surface area contributed by atoms with Crippen molar-refractivity contribution in [3.05, 3.63) is 66.0 Å². The summed E-state index contributed by atoms with van der Waals surface area (Å²) in [5.41, 5.74) is 2.63. The topological polar surface area (TPSA) is 103 Å². The van der Waals surface area contributed by atoms with E-state index >= 15 is 0 Å². The zero-order chi connectivity index (χ0) is 17.6. The van der Waals surface area contributed by atoms with Crippen molar-refractivity contribution in [3.63, 3.8) is 0 Å². The summed E-state index contributed by atoms with van der Waals surface area (Å²) in [7, 11) is 0. The van der Waals surface area contributed by atoms with E-state index in [2.05, 4.69) is 9.97 Å². The van der Waals surface area contributed by atoms with Gasteiger partial charge in [-0.1, -0.05) is 30.3 Å². The third-order valence-electron chi connectivity index (χ3n) is 4.15. The quantitative estimate of drug-likeness (QED) is 0.530. The van der Waals surface area contributed by atoms with Crippen molar-refractivity contribution in [1.29, 1.82) is 0 Å². The van der Waals surface area contributed by atoms with Gasteiger partial charge >= 0.3 is 11.9 Å². The van der Waals surface area contributed by atoms with E-state index in [0.29, 0.717) is 27.4 Å². The second-order valence-corrected chi connectivity index (χ2v) is 5.63. The van der Waals surface area contributed by atoms with Crippen LogP contribution in [0.3, 0.4) is 0 Å². The molecule has 0 amide bonds. The van der Waals surface area contributed by atoms with E-state index in [1.165, 1.54) is 12.3 Å². The molecular weight excluding hydrogens is 320 g/mol. The predicted molar refractivity (Wildman–Crippen MR) is 93.0 cm³/mol. The molecule has 4 rings (SSSR count). The minimum absolute atomic E-state index is 0.0691. The molecule has 0 fully saturated rings. The fourth-order valence-electron chi connectivity index (χ4n) is 3.07. The van der Waals surface area contributed by atoms with Gasteiger partial charge < -0.3 is 15.2 Å². The zero-order valence-electron chi connectivity index (χ0n) is 12.9. The number of carboxylic acids is 2. The van der Waals surface area contributed by atoms with Gasteiger partial charge in [0.05, 0.1) is 17.3 Å². The highest BCUT2D eigenvalue weighted by Crippen LogP contribution is 2.36. The van der Waals surface area contributed by atoms with Crippen LogP contribution in [0.1, 0.15) is 20.8 Å². The van der Waals surface area contributed by atoms with E-state index in [9.17, 15) is 19.8 Å². The minimum Gasteiger partial charge on any atom is -0.478 e. The number of nitrogens with one attached hydrogen (secondary N) is 1. The molecule has 0 aliphatic heterocycles. The second-order valence-electron chi connectivity index (χ2n) is 5.63. The lowest BCUT2D eigenvalue weighted by Gasteiger charge is -2.08. The molecule has 0 aliphatic rings. The summed E-state index contributed by atoms with van der Waals surface area (Å²) < 4.78 is 0. The Labute approximate surface area is 141 Å². The van der Waals surface area contributed by atoms with Gasteiger partial charge in [-0.05, 0) is 23.8 Å². The standard InChI is InChI=1S/C19H12N2O4/c22-18(23)11-6-7-13-12(8-11)16-14(21-13)9-20-17(19(24)25)15(16)10-4-2-1-3-5-10/h1-9,21H,(H,22,23)(H,24,25). The van der Waals surface area contributed by atoms with Crippen molar-refractivity contribution in [3.8, 4) is 11.1 Å². The number of nitrogens with zero attached hydrogens (tertiary/aromatic N) is 1. The van der Waals surface area contributed by atoms with Crippen molar-refractivity contribution >= 4 is 33.7 Å². The third-order valence-corrected chi connectivity index (χ3v) is 4.15. The van der Waals surface area contributed by atoms with Gasteiger partial charge in [-0.3, -0.25) is 0 Å². The van der Waals surface area contributed by atoms with Crippen molar-refractivity contribution in [2.45, 2.75) is 0 Å². The molecule has 0 spiro atoms. The van der Waals surface area contributed by atoms with Crippen LogP contribution in [0.25, 0.3) is 32.9 Å². The fraction of sp³-hybridized carbons (Fsp3) is 0. The van der Waals surface area contributed by atoms with Gasteiger partial charge in [-0.15, -0.1) is 0 Å². The maximum atomic E-state index is 11.7. The Morgan fingerprint density at radius 1 is 0.920 bits per heavy atom. The third kappa shape index (κ3) is 2.31. The monoisotopic (exact) mass is 332 g/mol. The first-order valence-corrected chi connectivity index (χ1v) is 7.52. The number of carbonyl (C=O) groups is 2. The summed E-state index contributed by atoms with van der Waals surface area (Å²) >= 11 is 0. The van der Waals surface area contributed by atoms with Crippen molar-refractivity contribution in [2.24, 2.45) is 0 Å². The van der Waals surface area contributed by atoms with Gasteiger partial charge in [-0.2, -0.15) is 0 Å². The first-order valence-electron chi connectivity index (χ1n) is 7.52. The number of hydrogen-bond donors (Lipinski definition) is 3. The molecule has 2 aromatic heterocycles. The highest BCUT2D eigenvalue weighted by atomic mass is 16.4. The Kier molecular flexibility index (Phi) is 3.25. The molecule has 0 bridgehead atoms. The Morgan fingerprint density at radius 2 is 1.68 bits per heavy atom. The molecule has 0 radical (unpaired) electrons. The summed E-state index contributed by atoms with van der Waals surface area (Å²) in [6.45, 7) is 0. The highest BCUT2D eigenvalue weighted by molar-refractivity contribution is 6.18. The van der Waals surface area contributed by atoms with E-state index in [4.69, 9.17) is 0 Å². The molecule has 0 unspecified atom stereocenters. The lowest BCUT2D eigenvalue weighted by molar-refractivity contribution is 0.0683. The molecule has 4 aromatic rings. The number of H-pyrrole nitrogens is 1. The van der Waals surface area contributed by atoms with Crippen LogP contribution in [0.15, 0.2) is 54.7 Å². The summed E-state index contributed by atoms with van der Waals surface area (Å²) in [5.74, 6) is -2.17. The predicted octanol–water partition coefficient (Wildman–Crippen LogP) is 3.78. The minimum atomic E-state index is -1.13. The van der Waals surface area contributed by atoms with Crippen LogP contribution in [-0.2, 0) is 0 Å². The molecule has 0 aliphatic carbocycles. The molecular formula is C19H12N2O4. The summed E-state index contributed by atoms with van der Waals surface area (Å²) in [4.78, 5) is 30.3. The first kappa shape index (κ1) is 14.9. The Bertz CT molecular complexity index is 1150. The van der Waals surface area contributed by atoms with Gasteiger partial charge in [0.2, 0.25) is 0 Å². The average Bonchev–Trinajstić information content (AvgIpc) is 2.99. The molecule has 25 heavy (non-hydrogen) atoms. The van der Waals surface area contributed by atoms with Crippen LogP contribution in [0.2, 0.25) is 0 Å². The van der Waals surface area contributed by atoms with E-state index in [1.54, 1.807) is 12.1 Å². The van der Waals surface area contributed by atoms with E-state index in [0.717, 1.165) is 5.52 Å². The number of aromatic carboxylic acids is 2. The Balaban J connectivity index is 2.19. The zero-order valence-corrected chi connectivity index (χ0v) is 12.9. The maximum Gasteiger partial charge on any atom is 0.355 e. The largest absolute Gasteiger partial charge is 0.478 e. The number of fused-ring (bicyclic) bond motifs is 3. The Hall–Kier alpha value is -3.67. The van der Waals surface area contributed by atoms with Crippen molar-refractivity contribution in [1.82, 2.24) is 9.97 Å². The first-order chi connectivity index (χ1) is 12.1. The number of pyridine rings is 1. The summed E-state index contributed by atoms with van der Waals surface area (Å²) in [6, 6.07) is 13.8. The Morgan fingerprint density at radius 3 is 2.36 bits per heavy atom. The van der Waals surface area contributed by atoms with Gasteiger partial charge in [0.1, 0.15) is 0 Å². The molecule has 2 aromatic carbocycles. The number of rotatable bonds is 3. The van der Waals surface area contributed by atoms with Crippen LogP contribution in [0.4, 0.5) is 0 Å².